The van der Waals surface area contributed by atoms with E-state index in [1.165, 1.54) is 35.3 Å². The van der Waals surface area contributed by atoms with Crippen LogP contribution in [0.2, 0.25) is 0 Å². The third kappa shape index (κ3) is 3.02. The molecular weight excluding hydrogens is 244 g/mol. The van der Waals surface area contributed by atoms with E-state index >= 15 is 0 Å². The highest BCUT2D eigenvalue weighted by atomic mass is 15.1. The first kappa shape index (κ1) is 13.2. The highest BCUT2D eigenvalue weighted by Gasteiger charge is 2.20. The van der Waals surface area contributed by atoms with Crippen LogP contribution in [0.5, 0.6) is 0 Å². The molecule has 0 bridgehead atoms. The van der Waals surface area contributed by atoms with Crippen LogP contribution < -0.4 is 10.2 Å². The smallest absolute Gasteiger partial charge is 0.0438 e. The van der Waals surface area contributed by atoms with Crippen LogP contribution in [0.25, 0.3) is 0 Å². The number of aryl methyl sites for hydroxylation is 1. The Hall–Kier alpha value is -1.80. The second-order valence-corrected chi connectivity index (χ2v) is 5.67. The molecule has 104 valence electrons. The molecule has 0 amide bonds. The maximum atomic E-state index is 3.57. The topological polar surface area (TPSA) is 15.3 Å². The van der Waals surface area contributed by atoms with Crippen LogP contribution in [0.4, 0.5) is 11.4 Å². The lowest BCUT2D eigenvalue weighted by Gasteiger charge is -2.22. The molecule has 2 aromatic rings. The maximum absolute atomic E-state index is 3.57. The van der Waals surface area contributed by atoms with Gasteiger partial charge in [0.1, 0.15) is 0 Å². The van der Waals surface area contributed by atoms with Crippen molar-refractivity contribution < 1.29 is 0 Å². The molecule has 1 N–H and O–H groups in total. The number of benzene rings is 2. The SMILES string of the molecule is Cc1cc(CNC2CC2)ccc1N(C)c1ccccc1. The Morgan fingerprint density at radius 1 is 1.10 bits per heavy atom. The van der Waals surface area contributed by atoms with E-state index in [-0.39, 0.29) is 0 Å². The van der Waals surface area contributed by atoms with Crippen LogP contribution in [0.15, 0.2) is 48.5 Å². The van der Waals surface area contributed by atoms with Gasteiger partial charge >= 0.3 is 0 Å². The molecule has 2 heteroatoms. The van der Waals surface area contributed by atoms with E-state index in [2.05, 4.69) is 72.7 Å². The zero-order valence-corrected chi connectivity index (χ0v) is 12.3. The van der Waals surface area contributed by atoms with Crippen LogP contribution in [0, 0.1) is 6.92 Å². The Bertz CT molecular complexity index is 573. The summed E-state index contributed by atoms with van der Waals surface area (Å²) in [6, 6.07) is 18.0. The molecule has 0 radical (unpaired) electrons. The van der Waals surface area contributed by atoms with Crippen molar-refractivity contribution >= 4 is 11.4 Å². The van der Waals surface area contributed by atoms with Crippen molar-refractivity contribution in [2.45, 2.75) is 32.4 Å². The van der Waals surface area contributed by atoms with Gasteiger partial charge in [0.05, 0.1) is 0 Å². The number of hydrogen-bond donors (Lipinski definition) is 1. The van der Waals surface area contributed by atoms with Gasteiger partial charge in [0.2, 0.25) is 0 Å². The van der Waals surface area contributed by atoms with Crippen molar-refractivity contribution in [1.82, 2.24) is 5.32 Å². The zero-order chi connectivity index (χ0) is 13.9. The molecule has 1 aliphatic carbocycles. The summed E-state index contributed by atoms with van der Waals surface area (Å²) in [5, 5.41) is 3.57. The van der Waals surface area contributed by atoms with Crippen LogP contribution in [0.1, 0.15) is 24.0 Å². The number of hydrogen-bond acceptors (Lipinski definition) is 2. The second kappa shape index (κ2) is 5.68. The molecule has 1 aliphatic rings. The predicted octanol–water partition coefficient (Wildman–Crippen LogP) is 4.01. The van der Waals surface area contributed by atoms with Gasteiger partial charge in [0, 0.05) is 31.0 Å². The van der Waals surface area contributed by atoms with Crippen LogP contribution >= 0.6 is 0 Å². The van der Waals surface area contributed by atoms with E-state index in [0.29, 0.717) is 0 Å². The number of rotatable bonds is 5. The minimum absolute atomic E-state index is 0.766. The Kier molecular flexibility index (Phi) is 3.75. The summed E-state index contributed by atoms with van der Waals surface area (Å²) in [6.45, 7) is 3.18. The van der Waals surface area contributed by atoms with Crippen molar-refractivity contribution in [3.8, 4) is 0 Å². The lowest BCUT2D eigenvalue weighted by molar-refractivity contribution is 0.687. The van der Waals surface area contributed by atoms with Gasteiger partial charge in [-0.1, -0.05) is 30.3 Å². The van der Waals surface area contributed by atoms with E-state index in [1.807, 2.05) is 0 Å². The Labute approximate surface area is 121 Å². The van der Waals surface area contributed by atoms with Crippen molar-refractivity contribution in [3.05, 3.63) is 59.7 Å². The molecule has 0 saturated heterocycles. The van der Waals surface area contributed by atoms with Crippen LogP contribution in [0.3, 0.4) is 0 Å². The fraction of sp³-hybridized carbons (Fsp3) is 0.333. The van der Waals surface area contributed by atoms with Crippen molar-refractivity contribution in [2.24, 2.45) is 0 Å². The Balaban J connectivity index is 1.76. The van der Waals surface area contributed by atoms with Gasteiger partial charge in [-0.05, 0) is 49.1 Å². The monoisotopic (exact) mass is 266 g/mol. The molecule has 20 heavy (non-hydrogen) atoms. The molecule has 0 unspecified atom stereocenters. The molecule has 0 aromatic heterocycles. The first-order valence-electron chi connectivity index (χ1n) is 7.36. The number of nitrogens with one attached hydrogen (secondary N) is 1. The first-order chi connectivity index (χ1) is 9.74. The third-order valence-electron chi connectivity index (χ3n) is 3.94. The molecular formula is C18H22N2. The van der Waals surface area contributed by atoms with Crippen LogP contribution in [-0.2, 0) is 6.54 Å². The van der Waals surface area contributed by atoms with E-state index in [9.17, 15) is 0 Å². The molecule has 2 aromatic carbocycles. The van der Waals surface area contributed by atoms with E-state index in [1.54, 1.807) is 0 Å². The summed E-state index contributed by atoms with van der Waals surface area (Å²) < 4.78 is 0. The standard InChI is InChI=1S/C18H22N2/c1-14-12-15(13-19-16-9-10-16)8-11-18(14)20(2)17-6-4-3-5-7-17/h3-8,11-12,16,19H,9-10,13H2,1-2H3. The zero-order valence-electron chi connectivity index (χ0n) is 12.3. The average molecular weight is 266 g/mol. The van der Waals surface area contributed by atoms with Crippen molar-refractivity contribution in [3.63, 3.8) is 0 Å². The van der Waals surface area contributed by atoms with Gasteiger partial charge in [-0.15, -0.1) is 0 Å². The number of para-hydroxylation sites is 1. The summed E-state index contributed by atoms with van der Waals surface area (Å²) in [5.41, 5.74) is 5.19. The van der Waals surface area contributed by atoms with Gasteiger partial charge < -0.3 is 10.2 Å². The normalized spacial score (nSPS) is 14.3. The molecule has 3 rings (SSSR count). The Morgan fingerprint density at radius 2 is 1.85 bits per heavy atom. The minimum Gasteiger partial charge on any atom is -0.344 e. The molecule has 1 saturated carbocycles. The van der Waals surface area contributed by atoms with E-state index in [0.717, 1.165) is 12.6 Å². The molecule has 0 atom stereocenters. The fourth-order valence-electron chi connectivity index (χ4n) is 2.54. The van der Waals surface area contributed by atoms with Crippen molar-refractivity contribution in [2.75, 3.05) is 11.9 Å². The minimum atomic E-state index is 0.766. The molecule has 1 fully saturated rings. The second-order valence-electron chi connectivity index (χ2n) is 5.67. The highest BCUT2D eigenvalue weighted by Crippen LogP contribution is 2.27. The highest BCUT2D eigenvalue weighted by molar-refractivity contribution is 5.65. The van der Waals surface area contributed by atoms with Gasteiger partial charge in [-0.25, -0.2) is 0 Å². The van der Waals surface area contributed by atoms with Crippen LogP contribution in [-0.4, -0.2) is 13.1 Å². The van der Waals surface area contributed by atoms with E-state index in [4.69, 9.17) is 0 Å². The number of anilines is 2. The quantitative estimate of drug-likeness (QED) is 0.879. The molecule has 2 nitrogen and oxygen atoms in total. The first-order valence-corrected chi connectivity index (χ1v) is 7.36. The average Bonchev–Trinajstić information content (AvgIpc) is 3.30. The summed E-state index contributed by atoms with van der Waals surface area (Å²) in [6.07, 6.45) is 2.68. The summed E-state index contributed by atoms with van der Waals surface area (Å²) in [4.78, 5) is 2.24. The fourth-order valence-corrected chi connectivity index (χ4v) is 2.54. The predicted molar refractivity (Wildman–Crippen MR) is 85.5 cm³/mol. The molecule has 0 heterocycles. The maximum Gasteiger partial charge on any atom is 0.0438 e. The molecule has 0 aliphatic heterocycles. The van der Waals surface area contributed by atoms with Gasteiger partial charge in [0.15, 0.2) is 0 Å². The van der Waals surface area contributed by atoms with Gasteiger partial charge in [-0.2, -0.15) is 0 Å². The lowest BCUT2D eigenvalue weighted by Crippen LogP contribution is -2.16. The van der Waals surface area contributed by atoms with Gasteiger partial charge in [0.25, 0.3) is 0 Å². The van der Waals surface area contributed by atoms with E-state index < -0.39 is 0 Å². The van der Waals surface area contributed by atoms with Gasteiger partial charge in [-0.3, -0.25) is 0 Å². The summed E-state index contributed by atoms with van der Waals surface area (Å²) >= 11 is 0. The third-order valence-corrected chi connectivity index (χ3v) is 3.94. The summed E-state index contributed by atoms with van der Waals surface area (Å²) in [5.74, 6) is 0. The van der Waals surface area contributed by atoms with Crippen molar-refractivity contribution in [1.29, 1.82) is 0 Å². The number of nitrogens with zero attached hydrogens (tertiary/aromatic N) is 1. The Morgan fingerprint density at radius 3 is 2.50 bits per heavy atom. The lowest BCUT2D eigenvalue weighted by atomic mass is 10.1. The summed E-state index contributed by atoms with van der Waals surface area (Å²) in [7, 11) is 2.12. The largest absolute Gasteiger partial charge is 0.344 e. The molecule has 0 spiro atoms.